The van der Waals surface area contributed by atoms with Gasteiger partial charge in [0.15, 0.2) is 0 Å². The monoisotopic (exact) mass is 274 g/mol. The van der Waals surface area contributed by atoms with Gasteiger partial charge in [0.25, 0.3) is 0 Å². The molecule has 0 amide bonds. The first-order chi connectivity index (χ1) is 9.86. The Balaban J connectivity index is 1.94. The number of unbranched alkanes of at least 4 members (excludes halogenated alkanes) is 3. The summed E-state index contributed by atoms with van der Waals surface area (Å²) in [6.07, 6.45) is 11.2. The first-order valence-corrected chi connectivity index (χ1v) is 6.91. The highest BCUT2D eigenvalue weighted by molar-refractivity contribution is 5.36. The predicted molar refractivity (Wildman–Crippen MR) is 80.4 cm³/mol. The molecule has 1 aromatic rings. The van der Waals surface area contributed by atoms with Gasteiger partial charge < -0.3 is 4.74 Å². The lowest BCUT2D eigenvalue weighted by Crippen LogP contribution is -1.99. The van der Waals surface area contributed by atoms with Crippen LogP contribution >= 0.6 is 0 Å². The second-order valence-corrected chi connectivity index (χ2v) is 4.33. The van der Waals surface area contributed by atoms with Crippen LogP contribution in [0.5, 0.6) is 5.75 Å². The van der Waals surface area contributed by atoms with Crippen LogP contribution in [-0.2, 0) is 9.78 Å². The Hall–Kier alpha value is -1.76. The molecule has 3 nitrogen and oxygen atoms in total. The zero-order chi connectivity index (χ0) is 14.5. The Bertz CT molecular complexity index is 403. The lowest BCUT2D eigenvalue weighted by Gasteiger charge is -2.06. The van der Waals surface area contributed by atoms with E-state index in [0.717, 1.165) is 43.6 Å². The average Bonchev–Trinajstić information content (AvgIpc) is 2.50. The van der Waals surface area contributed by atoms with Gasteiger partial charge in [-0.2, -0.15) is 0 Å². The largest absolute Gasteiger partial charge is 0.494 e. The van der Waals surface area contributed by atoms with Gasteiger partial charge in [0.1, 0.15) is 12.4 Å². The van der Waals surface area contributed by atoms with E-state index in [9.17, 15) is 0 Å². The second kappa shape index (κ2) is 11.1. The molecule has 0 atom stereocenters. The van der Waals surface area contributed by atoms with Crippen LogP contribution in [0.15, 0.2) is 36.9 Å². The van der Waals surface area contributed by atoms with Gasteiger partial charge in [-0.1, -0.05) is 18.4 Å². The molecule has 0 saturated heterocycles. The van der Waals surface area contributed by atoms with Crippen molar-refractivity contribution in [3.05, 3.63) is 42.5 Å². The average molecular weight is 274 g/mol. The summed E-state index contributed by atoms with van der Waals surface area (Å²) in [6, 6.07) is 7.58. The first kappa shape index (κ1) is 16.3. The standard InChI is InChI=1S/C17H22O3/c1-3-13-19-20-15-8-6-5-7-14-18-17-11-9-16(4-2)10-12-17/h2-3,9-12H,1,5-8,13-15H2. The predicted octanol–water partition coefficient (Wildman–Crippen LogP) is 3.74. The Morgan fingerprint density at radius 2 is 1.70 bits per heavy atom. The molecule has 0 aliphatic carbocycles. The Morgan fingerprint density at radius 1 is 1.00 bits per heavy atom. The Morgan fingerprint density at radius 3 is 2.35 bits per heavy atom. The Kier molecular flexibility index (Phi) is 9.04. The third kappa shape index (κ3) is 7.63. The smallest absolute Gasteiger partial charge is 0.119 e. The molecule has 0 bridgehead atoms. The molecule has 1 aromatic carbocycles. The van der Waals surface area contributed by atoms with Gasteiger partial charge in [-0.05, 0) is 43.5 Å². The van der Waals surface area contributed by atoms with Gasteiger partial charge in [0.2, 0.25) is 0 Å². The van der Waals surface area contributed by atoms with Crippen LogP contribution in [0.2, 0.25) is 0 Å². The van der Waals surface area contributed by atoms with Crippen molar-refractivity contribution in [1.82, 2.24) is 0 Å². The third-order valence-electron chi connectivity index (χ3n) is 2.68. The van der Waals surface area contributed by atoms with Crippen LogP contribution in [0.4, 0.5) is 0 Å². The lowest BCUT2D eigenvalue weighted by molar-refractivity contribution is -0.286. The summed E-state index contributed by atoms with van der Waals surface area (Å²) in [5.74, 6) is 3.45. The summed E-state index contributed by atoms with van der Waals surface area (Å²) in [5.41, 5.74) is 0.871. The number of ether oxygens (including phenoxy) is 1. The zero-order valence-corrected chi connectivity index (χ0v) is 11.8. The second-order valence-electron chi connectivity index (χ2n) is 4.33. The van der Waals surface area contributed by atoms with Crippen molar-refractivity contribution in [2.24, 2.45) is 0 Å². The summed E-state index contributed by atoms with van der Waals surface area (Å²) >= 11 is 0. The molecule has 0 heterocycles. The van der Waals surface area contributed by atoms with Crippen LogP contribution in [0.25, 0.3) is 0 Å². The summed E-state index contributed by atoms with van der Waals surface area (Å²) < 4.78 is 5.63. The number of benzene rings is 1. The van der Waals surface area contributed by atoms with Crippen molar-refractivity contribution in [3.8, 4) is 18.1 Å². The SMILES string of the molecule is C#Cc1ccc(OCCCCCCOOCC=C)cc1. The van der Waals surface area contributed by atoms with Crippen LogP contribution in [0.3, 0.4) is 0 Å². The van der Waals surface area contributed by atoms with Crippen LogP contribution < -0.4 is 4.74 Å². The maximum absolute atomic E-state index is 5.63. The van der Waals surface area contributed by atoms with E-state index >= 15 is 0 Å². The van der Waals surface area contributed by atoms with E-state index in [1.54, 1.807) is 6.08 Å². The molecule has 0 aliphatic rings. The van der Waals surface area contributed by atoms with Gasteiger partial charge in [-0.25, -0.2) is 9.78 Å². The summed E-state index contributed by atoms with van der Waals surface area (Å²) in [6.45, 7) is 5.32. The number of rotatable bonds is 11. The van der Waals surface area contributed by atoms with Crippen molar-refractivity contribution in [3.63, 3.8) is 0 Å². The molecule has 0 spiro atoms. The van der Waals surface area contributed by atoms with E-state index in [4.69, 9.17) is 20.9 Å². The lowest BCUT2D eigenvalue weighted by atomic mass is 10.2. The van der Waals surface area contributed by atoms with E-state index in [2.05, 4.69) is 12.5 Å². The van der Waals surface area contributed by atoms with Crippen molar-refractivity contribution in [2.75, 3.05) is 19.8 Å². The fraction of sp³-hybridized carbons (Fsp3) is 0.412. The van der Waals surface area contributed by atoms with E-state index < -0.39 is 0 Å². The van der Waals surface area contributed by atoms with Crippen LogP contribution in [0.1, 0.15) is 31.2 Å². The molecule has 108 valence electrons. The van der Waals surface area contributed by atoms with E-state index in [1.165, 1.54) is 0 Å². The molecule has 1 rings (SSSR count). The van der Waals surface area contributed by atoms with Gasteiger partial charge in [-0.3, -0.25) is 0 Å². The zero-order valence-electron chi connectivity index (χ0n) is 11.8. The molecule has 3 heteroatoms. The normalized spacial score (nSPS) is 9.95. The molecule has 0 N–H and O–H groups in total. The van der Waals surface area contributed by atoms with Crippen molar-refractivity contribution < 1.29 is 14.5 Å². The van der Waals surface area contributed by atoms with Gasteiger partial charge in [0.05, 0.1) is 13.2 Å². The quantitative estimate of drug-likeness (QED) is 0.202. The van der Waals surface area contributed by atoms with Crippen LogP contribution in [0, 0.1) is 12.3 Å². The molecule has 0 unspecified atom stereocenters. The molecule has 0 saturated carbocycles. The van der Waals surface area contributed by atoms with Gasteiger partial charge in [0, 0.05) is 5.56 Å². The molecule has 0 aromatic heterocycles. The fourth-order valence-electron chi connectivity index (χ4n) is 1.61. The summed E-state index contributed by atoms with van der Waals surface area (Å²) in [4.78, 5) is 9.78. The minimum atomic E-state index is 0.437. The fourth-order valence-corrected chi connectivity index (χ4v) is 1.61. The van der Waals surface area contributed by atoms with Crippen molar-refractivity contribution in [2.45, 2.75) is 25.7 Å². The van der Waals surface area contributed by atoms with Gasteiger partial charge >= 0.3 is 0 Å². The molecule has 0 radical (unpaired) electrons. The Labute approximate surface area is 121 Å². The minimum absolute atomic E-state index is 0.437. The molecule has 20 heavy (non-hydrogen) atoms. The highest BCUT2D eigenvalue weighted by Crippen LogP contribution is 2.12. The maximum atomic E-state index is 5.63. The molecule has 0 aliphatic heterocycles. The van der Waals surface area contributed by atoms with Crippen molar-refractivity contribution >= 4 is 0 Å². The summed E-state index contributed by atoms with van der Waals surface area (Å²) in [7, 11) is 0. The summed E-state index contributed by atoms with van der Waals surface area (Å²) in [5, 5.41) is 0. The number of hydrogen-bond donors (Lipinski definition) is 0. The number of terminal acetylenes is 1. The minimum Gasteiger partial charge on any atom is -0.494 e. The molecule has 0 fully saturated rings. The number of hydrogen-bond acceptors (Lipinski definition) is 3. The van der Waals surface area contributed by atoms with Crippen molar-refractivity contribution in [1.29, 1.82) is 0 Å². The van der Waals surface area contributed by atoms with Crippen LogP contribution in [-0.4, -0.2) is 19.8 Å². The van der Waals surface area contributed by atoms with E-state index in [0.29, 0.717) is 13.2 Å². The molecular formula is C17H22O3. The third-order valence-corrected chi connectivity index (χ3v) is 2.68. The first-order valence-electron chi connectivity index (χ1n) is 6.91. The maximum Gasteiger partial charge on any atom is 0.119 e. The van der Waals surface area contributed by atoms with Gasteiger partial charge in [-0.15, -0.1) is 13.0 Å². The van der Waals surface area contributed by atoms with E-state index in [-0.39, 0.29) is 0 Å². The highest BCUT2D eigenvalue weighted by Gasteiger charge is 1.95. The highest BCUT2D eigenvalue weighted by atomic mass is 17.2. The molecular weight excluding hydrogens is 252 g/mol. The van der Waals surface area contributed by atoms with E-state index in [1.807, 2.05) is 24.3 Å². The topological polar surface area (TPSA) is 27.7 Å².